The molecule has 9 heteroatoms. The van der Waals surface area contributed by atoms with E-state index in [1.54, 1.807) is 13.2 Å². The molecule has 0 aliphatic rings. The minimum Gasteiger partial charge on any atom is -0.496 e. The van der Waals surface area contributed by atoms with Gasteiger partial charge < -0.3 is 19.5 Å². The molecule has 0 spiro atoms. The summed E-state index contributed by atoms with van der Waals surface area (Å²) in [6.07, 6.45) is 0. The Bertz CT molecular complexity index is 1250. The largest absolute Gasteiger partial charge is 0.496 e. The Kier molecular flexibility index (Phi) is 8.73. The standard InChI is InChI=1S/C26H30N2O6S/c1-19(22-12-8-9-13-23(22)32-2)27-26(29)18-28(17-20-10-6-5-7-11-20)35(30,31)21-14-15-24(33-3)25(16-21)34-4/h5-16,19H,17-18H2,1-4H3,(H,27,29)/t19-/m1/s1. The van der Waals surface area contributed by atoms with E-state index in [0.717, 1.165) is 15.4 Å². The fraction of sp³-hybridized carbons (Fsp3) is 0.269. The van der Waals surface area contributed by atoms with Gasteiger partial charge in [-0.1, -0.05) is 48.5 Å². The Morgan fingerprint density at radius 2 is 1.49 bits per heavy atom. The summed E-state index contributed by atoms with van der Waals surface area (Å²) < 4.78 is 44.3. The van der Waals surface area contributed by atoms with Gasteiger partial charge in [0.1, 0.15) is 5.75 Å². The van der Waals surface area contributed by atoms with Crippen molar-refractivity contribution in [2.45, 2.75) is 24.4 Å². The average molecular weight is 499 g/mol. The van der Waals surface area contributed by atoms with Gasteiger partial charge in [-0.05, 0) is 30.7 Å². The summed E-state index contributed by atoms with van der Waals surface area (Å²) in [5.41, 5.74) is 1.54. The Hall–Kier alpha value is -3.56. The van der Waals surface area contributed by atoms with E-state index >= 15 is 0 Å². The van der Waals surface area contributed by atoms with E-state index in [2.05, 4.69) is 5.32 Å². The first-order valence-corrected chi connectivity index (χ1v) is 12.4. The van der Waals surface area contributed by atoms with Crippen molar-refractivity contribution in [3.05, 3.63) is 83.9 Å². The Balaban J connectivity index is 1.89. The van der Waals surface area contributed by atoms with Crippen molar-refractivity contribution in [1.82, 2.24) is 9.62 Å². The maximum atomic E-state index is 13.6. The van der Waals surface area contributed by atoms with Crippen LogP contribution in [-0.2, 0) is 21.4 Å². The maximum Gasteiger partial charge on any atom is 0.243 e. The summed E-state index contributed by atoms with van der Waals surface area (Å²) in [5, 5.41) is 2.88. The van der Waals surface area contributed by atoms with E-state index in [1.807, 2.05) is 55.5 Å². The molecule has 0 heterocycles. The quantitative estimate of drug-likeness (QED) is 0.432. The number of nitrogens with one attached hydrogen (secondary N) is 1. The van der Waals surface area contributed by atoms with Crippen LogP contribution in [0.25, 0.3) is 0 Å². The molecule has 35 heavy (non-hydrogen) atoms. The highest BCUT2D eigenvalue weighted by molar-refractivity contribution is 7.89. The van der Waals surface area contributed by atoms with Crippen LogP contribution in [0.2, 0.25) is 0 Å². The van der Waals surface area contributed by atoms with Crippen molar-refractivity contribution in [3.63, 3.8) is 0 Å². The van der Waals surface area contributed by atoms with Crippen molar-refractivity contribution in [1.29, 1.82) is 0 Å². The van der Waals surface area contributed by atoms with Gasteiger partial charge in [-0.15, -0.1) is 0 Å². The molecule has 0 aliphatic carbocycles. The van der Waals surface area contributed by atoms with Gasteiger partial charge in [-0.3, -0.25) is 4.79 Å². The number of carbonyl (C=O) groups is 1. The van der Waals surface area contributed by atoms with E-state index in [9.17, 15) is 13.2 Å². The van der Waals surface area contributed by atoms with Crippen LogP contribution in [0.3, 0.4) is 0 Å². The Morgan fingerprint density at radius 1 is 0.857 bits per heavy atom. The molecule has 0 unspecified atom stereocenters. The second-order valence-electron chi connectivity index (χ2n) is 7.81. The van der Waals surface area contributed by atoms with E-state index < -0.39 is 15.9 Å². The van der Waals surface area contributed by atoms with Gasteiger partial charge >= 0.3 is 0 Å². The molecule has 0 saturated carbocycles. The van der Waals surface area contributed by atoms with Gasteiger partial charge in [-0.25, -0.2) is 8.42 Å². The number of sulfonamides is 1. The van der Waals surface area contributed by atoms with Gasteiger partial charge in [0.25, 0.3) is 0 Å². The molecule has 0 aromatic heterocycles. The topological polar surface area (TPSA) is 94.2 Å². The van der Waals surface area contributed by atoms with Crippen LogP contribution in [0.5, 0.6) is 17.2 Å². The third-order valence-electron chi connectivity index (χ3n) is 5.50. The zero-order valence-corrected chi connectivity index (χ0v) is 21.0. The van der Waals surface area contributed by atoms with Crippen molar-refractivity contribution >= 4 is 15.9 Å². The first kappa shape index (κ1) is 26.1. The van der Waals surface area contributed by atoms with Crippen molar-refractivity contribution in [2.24, 2.45) is 0 Å². The molecule has 1 N–H and O–H groups in total. The predicted octanol–water partition coefficient (Wildman–Crippen LogP) is 3.78. The fourth-order valence-electron chi connectivity index (χ4n) is 3.69. The molecule has 3 rings (SSSR count). The average Bonchev–Trinajstić information content (AvgIpc) is 2.88. The lowest BCUT2D eigenvalue weighted by molar-refractivity contribution is -0.122. The van der Waals surface area contributed by atoms with E-state index in [0.29, 0.717) is 11.5 Å². The zero-order valence-electron chi connectivity index (χ0n) is 20.2. The van der Waals surface area contributed by atoms with Crippen LogP contribution < -0.4 is 19.5 Å². The fourth-order valence-corrected chi connectivity index (χ4v) is 5.09. The van der Waals surface area contributed by atoms with Crippen molar-refractivity contribution < 1.29 is 27.4 Å². The van der Waals surface area contributed by atoms with Gasteiger partial charge in [0.2, 0.25) is 15.9 Å². The van der Waals surface area contributed by atoms with E-state index in [1.165, 1.54) is 32.4 Å². The van der Waals surface area contributed by atoms with Crippen LogP contribution in [0.4, 0.5) is 0 Å². The minimum absolute atomic E-state index is 0.00309. The third-order valence-corrected chi connectivity index (χ3v) is 7.29. The molecular weight excluding hydrogens is 468 g/mol. The molecule has 0 radical (unpaired) electrons. The summed E-state index contributed by atoms with van der Waals surface area (Å²) in [4.78, 5) is 13.0. The SMILES string of the molecule is COc1ccc(S(=O)(=O)N(CC(=O)N[C@H](C)c2ccccc2OC)Cc2ccccc2)cc1OC. The summed E-state index contributed by atoms with van der Waals surface area (Å²) in [6, 6.07) is 20.4. The third kappa shape index (κ3) is 6.32. The van der Waals surface area contributed by atoms with E-state index in [-0.39, 0.29) is 29.8 Å². The second kappa shape index (κ2) is 11.7. The van der Waals surface area contributed by atoms with Gasteiger partial charge in [0, 0.05) is 18.2 Å². The number of ether oxygens (including phenoxy) is 3. The van der Waals surface area contributed by atoms with Crippen LogP contribution in [0, 0.1) is 0 Å². The number of hydrogen-bond donors (Lipinski definition) is 1. The maximum absolute atomic E-state index is 13.6. The lowest BCUT2D eigenvalue weighted by Crippen LogP contribution is -2.41. The molecule has 0 saturated heterocycles. The molecule has 0 bridgehead atoms. The Morgan fingerprint density at radius 3 is 2.14 bits per heavy atom. The predicted molar refractivity (Wildman–Crippen MR) is 133 cm³/mol. The van der Waals surface area contributed by atoms with Crippen molar-refractivity contribution in [2.75, 3.05) is 27.9 Å². The first-order chi connectivity index (χ1) is 16.8. The smallest absolute Gasteiger partial charge is 0.243 e. The van der Waals surface area contributed by atoms with Crippen LogP contribution in [-0.4, -0.2) is 46.5 Å². The van der Waals surface area contributed by atoms with Gasteiger partial charge in [0.15, 0.2) is 11.5 Å². The molecular formula is C26H30N2O6S. The second-order valence-corrected chi connectivity index (χ2v) is 9.74. The molecule has 0 fully saturated rings. The highest BCUT2D eigenvalue weighted by Gasteiger charge is 2.29. The number of hydrogen-bond acceptors (Lipinski definition) is 6. The number of carbonyl (C=O) groups excluding carboxylic acids is 1. The minimum atomic E-state index is -4.05. The number of amides is 1. The monoisotopic (exact) mass is 498 g/mol. The van der Waals surface area contributed by atoms with Crippen LogP contribution in [0.1, 0.15) is 24.1 Å². The molecule has 1 amide bonds. The highest BCUT2D eigenvalue weighted by Crippen LogP contribution is 2.31. The number of benzene rings is 3. The molecule has 0 aliphatic heterocycles. The summed E-state index contributed by atoms with van der Waals surface area (Å²) in [5.74, 6) is 0.884. The number of nitrogens with zero attached hydrogens (tertiary/aromatic N) is 1. The molecule has 3 aromatic carbocycles. The Labute approximate surface area is 206 Å². The van der Waals surface area contributed by atoms with Gasteiger partial charge in [-0.2, -0.15) is 4.31 Å². The summed E-state index contributed by atoms with van der Waals surface area (Å²) in [7, 11) is 0.414. The summed E-state index contributed by atoms with van der Waals surface area (Å²) in [6.45, 7) is 1.47. The van der Waals surface area contributed by atoms with E-state index in [4.69, 9.17) is 14.2 Å². The number of methoxy groups -OCH3 is 3. The molecule has 186 valence electrons. The molecule has 1 atom stereocenters. The molecule has 3 aromatic rings. The summed E-state index contributed by atoms with van der Waals surface area (Å²) >= 11 is 0. The number of rotatable bonds is 11. The highest BCUT2D eigenvalue weighted by atomic mass is 32.2. The van der Waals surface area contributed by atoms with Crippen LogP contribution >= 0.6 is 0 Å². The lowest BCUT2D eigenvalue weighted by Gasteiger charge is -2.24. The first-order valence-electron chi connectivity index (χ1n) is 11.0. The number of para-hydroxylation sites is 1. The van der Waals surface area contributed by atoms with Crippen molar-refractivity contribution in [3.8, 4) is 17.2 Å². The van der Waals surface area contributed by atoms with Gasteiger partial charge in [0.05, 0.1) is 38.8 Å². The zero-order chi connectivity index (χ0) is 25.4. The normalized spacial score (nSPS) is 12.1. The van der Waals surface area contributed by atoms with Crippen LogP contribution in [0.15, 0.2) is 77.7 Å². The lowest BCUT2D eigenvalue weighted by atomic mass is 10.1. The molecule has 8 nitrogen and oxygen atoms in total.